The van der Waals surface area contributed by atoms with Crippen molar-refractivity contribution in [2.24, 2.45) is 5.11 Å². The molecule has 7 aromatic rings. The third-order valence-corrected chi connectivity index (χ3v) is 13.2. The van der Waals surface area contributed by atoms with Crippen molar-refractivity contribution in [3.05, 3.63) is 262 Å². The SMILES string of the molecule is [N-]=[N+]=N[C@H]1[C@H](O[C@H]2[C@H](O)[C@H](OCc3ccccc3)[C@@H](OCc3ccccc3)[C@@H](OCc3ccccc3)[C@@H]2OCc2ccccc2)O[C@H](COCc2ccccc2)[C@H](OCc2ccccc2)[C@@H]1OCc1ccccc1. The fourth-order valence-corrected chi connectivity index (χ4v) is 9.39. The van der Waals surface area contributed by atoms with Crippen LogP contribution in [0.5, 0.6) is 0 Å². The van der Waals surface area contributed by atoms with Crippen molar-refractivity contribution in [3.63, 3.8) is 0 Å². The Morgan fingerprint density at radius 2 is 0.676 bits per heavy atom. The maximum atomic E-state index is 13.1. The predicted octanol–water partition coefficient (Wildman–Crippen LogP) is 10.9. The Balaban J connectivity index is 1.11. The van der Waals surface area contributed by atoms with E-state index in [2.05, 4.69) is 10.0 Å². The van der Waals surface area contributed by atoms with Crippen LogP contribution in [-0.4, -0.2) is 79.0 Å². The number of hydrogen-bond acceptors (Lipinski definition) is 11. The van der Waals surface area contributed by atoms with Crippen LogP contribution in [0.15, 0.2) is 217 Å². The maximum Gasteiger partial charge on any atom is 0.169 e. The van der Waals surface area contributed by atoms with Crippen molar-refractivity contribution in [1.82, 2.24) is 0 Å². The van der Waals surface area contributed by atoms with E-state index in [-0.39, 0.29) is 52.9 Å². The summed E-state index contributed by atoms with van der Waals surface area (Å²) >= 11 is 0. The number of ether oxygens (including phenoxy) is 9. The molecule has 11 atom stereocenters. The monoisotopic (exact) mass is 997 g/mol. The lowest BCUT2D eigenvalue weighted by Crippen LogP contribution is -2.69. The van der Waals surface area contributed by atoms with E-state index in [1.807, 2.05) is 212 Å². The van der Waals surface area contributed by atoms with Crippen molar-refractivity contribution in [1.29, 1.82) is 0 Å². The van der Waals surface area contributed by atoms with Crippen LogP contribution in [0.3, 0.4) is 0 Å². The van der Waals surface area contributed by atoms with Crippen molar-refractivity contribution >= 4 is 0 Å². The molecule has 0 spiro atoms. The number of aliphatic hydroxyl groups is 1. The fraction of sp³-hybridized carbons (Fsp3) is 0.311. The summed E-state index contributed by atoms with van der Waals surface area (Å²) in [4.78, 5) is 3.36. The van der Waals surface area contributed by atoms with Gasteiger partial charge in [-0.2, -0.15) is 0 Å². The fourth-order valence-electron chi connectivity index (χ4n) is 9.39. The molecule has 2 fully saturated rings. The van der Waals surface area contributed by atoms with E-state index in [9.17, 15) is 10.6 Å². The van der Waals surface area contributed by atoms with E-state index in [0.717, 1.165) is 38.9 Å². The van der Waals surface area contributed by atoms with E-state index in [1.165, 1.54) is 0 Å². The normalized spacial score (nSPS) is 24.7. The van der Waals surface area contributed by atoms with E-state index in [4.69, 9.17) is 42.6 Å². The molecule has 0 bridgehead atoms. The summed E-state index contributed by atoms with van der Waals surface area (Å²) in [6, 6.07) is 67.4. The molecule has 1 aliphatic heterocycles. The molecule has 74 heavy (non-hydrogen) atoms. The third-order valence-electron chi connectivity index (χ3n) is 13.2. The van der Waals surface area contributed by atoms with Gasteiger partial charge < -0.3 is 47.7 Å². The summed E-state index contributed by atoms with van der Waals surface area (Å²) < 4.78 is 62.0. The minimum Gasteiger partial charge on any atom is -0.387 e. The average molecular weight is 998 g/mol. The Morgan fingerprint density at radius 3 is 1.04 bits per heavy atom. The molecule has 1 aliphatic carbocycles. The zero-order valence-corrected chi connectivity index (χ0v) is 41.2. The Kier molecular flexibility index (Phi) is 19.6. The highest BCUT2D eigenvalue weighted by Gasteiger charge is 2.57. The van der Waals surface area contributed by atoms with Crippen LogP contribution in [0, 0.1) is 0 Å². The standard InChI is InChI=1S/C61H63N3O10/c62-64-63-52-55(68-38-46-26-12-3-13-27-46)54(67-37-45-24-10-2-11-25-45)51(43-66-36-44-22-8-1-9-23-44)73-61(52)74-57-53(65)56(69-39-47-28-14-4-15-29-47)58(70-40-48-30-16-5-17-31-48)60(72-42-50-34-20-7-21-35-50)59(57)71-41-49-32-18-6-19-33-49/h1-35,51-61,65H,36-43H2/t51-,52-,53-,54+,55-,56+,57+,58-,59-,60-,61+/m1/s1. The molecular weight excluding hydrogens is 935 g/mol. The highest BCUT2D eigenvalue weighted by atomic mass is 16.7. The van der Waals surface area contributed by atoms with Gasteiger partial charge in [-0.3, -0.25) is 0 Å². The first-order chi connectivity index (χ1) is 36.6. The highest BCUT2D eigenvalue weighted by molar-refractivity contribution is 5.20. The lowest BCUT2D eigenvalue weighted by molar-refractivity contribution is -0.338. The van der Waals surface area contributed by atoms with Crippen LogP contribution in [0.1, 0.15) is 38.9 Å². The first kappa shape index (κ1) is 52.3. The Morgan fingerprint density at radius 1 is 0.378 bits per heavy atom. The van der Waals surface area contributed by atoms with Gasteiger partial charge in [0.2, 0.25) is 0 Å². The van der Waals surface area contributed by atoms with Gasteiger partial charge in [0.1, 0.15) is 61.0 Å². The van der Waals surface area contributed by atoms with Gasteiger partial charge in [-0.1, -0.05) is 217 Å². The van der Waals surface area contributed by atoms with Crippen molar-refractivity contribution < 1.29 is 47.7 Å². The van der Waals surface area contributed by atoms with Crippen LogP contribution in [-0.2, 0) is 88.9 Å². The number of rotatable bonds is 25. The van der Waals surface area contributed by atoms with Crippen molar-refractivity contribution in [2.75, 3.05) is 6.61 Å². The molecule has 1 saturated carbocycles. The highest BCUT2D eigenvalue weighted by Crippen LogP contribution is 2.38. The summed E-state index contributed by atoms with van der Waals surface area (Å²) in [5, 5.41) is 17.5. The largest absolute Gasteiger partial charge is 0.387 e. The number of nitrogens with zero attached hydrogens (tertiary/aromatic N) is 3. The molecule has 13 heteroatoms. The molecule has 2 aliphatic rings. The van der Waals surface area contributed by atoms with Gasteiger partial charge >= 0.3 is 0 Å². The van der Waals surface area contributed by atoms with Gasteiger partial charge in [0, 0.05) is 4.91 Å². The van der Waals surface area contributed by atoms with Gasteiger partial charge in [-0.15, -0.1) is 0 Å². The van der Waals surface area contributed by atoms with Crippen LogP contribution in [0.2, 0.25) is 0 Å². The minimum absolute atomic E-state index is 0.0462. The van der Waals surface area contributed by atoms with E-state index < -0.39 is 67.3 Å². The van der Waals surface area contributed by atoms with Crippen LogP contribution >= 0.6 is 0 Å². The Labute approximate surface area is 433 Å². The van der Waals surface area contributed by atoms with Gasteiger partial charge in [-0.05, 0) is 44.5 Å². The average Bonchev–Trinajstić information content (AvgIpc) is 3.46. The van der Waals surface area contributed by atoms with Gasteiger partial charge in [0.05, 0.1) is 52.9 Å². The molecule has 13 nitrogen and oxygen atoms in total. The van der Waals surface area contributed by atoms with Gasteiger partial charge in [0.15, 0.2) is 6.29 Å². The second-order valence-electron chi connectivity index (χ2n) is 18.4. The quantitative estimate of drug-likeness (QED) is 0.0333. The smallest absolute Gasteiger partial charge is 0.169 e. The van der Waals surface area contributed by atoms with Crippen molar-refractivity contribution in [3.8, 4) is 0 Å². The minimum atomic E-state index is -1.42. The molecular formula is C61H63N3O10. The first-order valence-corrected chi connectivity index (χ1v) is 25.2. The number of azide groups is 1. The lowest BCUT2D eigenvalue weighted by atomic mass is 9.83. The first-order valence-electron chi connectivity index (χ1n) is 25.2. The van der Waals surface area contributed by atoms with Crippen LogP contribution in [0.25, 0.3) is 10.4 Å². The summed E-state index contributed by atoms with van der Waals surface area (Å²) in [6.07, 6.45) is -10.5. The molecule has 0 radical (unpaired) electrons. The number of aliphatic hydroxyl groups excluding tert-OH is 1. The topological polar surface area (TPSA) is 152 Å². The zero-order chi connectivity index (χ0) is 50.6. The molecule has 1 N–H and O–H groups in total. The molecule has 0 amide bonds. The molecule has 382 valence electrons. The van der Waals surface area contributed by atoms with E-state index >= 15 is 0 Å². The summed E-state index contributed by atoms with van der Waals surface area (Å²) in [7, 11) is 0. The summed E-state index contributed by atoms with van der Waals surface area (Å²) in [5.74, 6) is 0. The molecule has 1 saturated heterocycles. The summed E-state index contributed by atoms with van der Waals surface area (Å²) in [5.41, 5.74) is 16.8. The molecule has 0 aromatic heterocycles. The lowest BCUT2D eigenvalue weighted by Gasteiger charge is -2.51. The molecule has 9 rings (SSSR count). The maximum absolute atomic E-state index is 13.1. The zero-order valence-electron chi connectivity index (χ0n) is 41.2. The predicted molar refractivity (Wildman–Crippen MR) is 279 cm³/mol. The second-order valence-corrected chi connectivity index (χ2v) is 18.4. The van der Waals surface area contributed by atoms with Crippen LogP contribution in [0.4, 0.5) is 0 Å². The van der Waals surface area contributed by atoms with Crippen molar-refractivity contribution in [2.45, 2.75) is 114 Å². The summed E-state index contributed by atoms with van der Waals surface area (Å²) in [6.45, 7) is 1.31. The van der Waals surface area contributed by atoms with Gasteiger partial charge in [-0.25, -0.2) is 0 Å². The Hall–Kier alpha value is -6.55. The second kappa shape index (κ2) is 27.7. The Bertz CT molecular complexity index is 2710. The van der Waals surface area contributed by atoms with E-state index in [1.54, 1.807) is 0 Å². The number of benzene rings is 7. The third kappa shape index (κ3) is 14.6. The van der Waals surface area contributed by atoms with E-state index in [0.29, 0.717) is 0 Å². The van der Waals surface area contributed by atoms with Crippen LogP contribution < -0.4 is 0 Å². The molecule has 7 aromatic carbocycles. The number of hydrogen-bond donors (Lipinski definition) is 1. The molecule has 1 heterocycles. The van der Waals surface area contributed by atoms with Gasteiger partial charge in [0.25, 0.3) is 0 Å². The molecule has 0 unspecified atom stereocenters.